The van der Waals surface area contributed by atoms with Crippen LogP contribution in [0, 0.1) is 5.82 Å². The molecule has 0 fully saturated rings. The van der Waals surface area contributed by atoms with Gasteiger partial charge in [-0.2, -0.15) is 0 Å². The van der Waals surface area contributed by atoms with Crippen LogP contribution in [-0.2, 0) is 16.4 Å². The number of hydrogen-bond donors (Lipinski definition) is 1. The van der Waals surface area contributed by atoms with Crippen LogP contribution >= 0.6 is 11.8 Å². The van der Waals surface area contributed by atoms with Crippen molar-refractivity contribution in [3.8, 4) is 0 Å². The zero-order chi connectivity index (χ0) is 11.6. The van der Waals surface area contributed by atoms with Crippen molar-refractivity contribution in [2.45, 2.75) is 16.4 Å². The number of aliphatic hydroxyl groups is 1. The first kappa shape index (κ1) is 12.5. The van der Waals surface area contributed by atoms with Crippen LogP contribution in [0.5, 0.6) is 0 Å². The van der Waals surface area contributed by atoms with E-state index in [0.717, 1.165) is 24.1 Å². The van der Waals surface area contributed by atoms with Gasteiger partial charge in [-0.3, -0.25) is 0 Å². The lowest BCUT2D eigenvalue weighted by molar-refractivity contribution is 0.280. The van der Waals surface area contributed by atoms with E-state index in [9.17, 15) is 12.8 Å². The predicted octanol–water partition coefficient (Wildman–Crippen LogP) is 1.44. The Morgan fingerprint density at radius 3 is 2.47 bits per heavy atom. The average Bonchev–Trinajstić information content (AvgIpc) is 2.15. The summed E-state index contributed by atoms with van der Waals surface area (Å²) in [5.74, 6) is -0.616. The third kappa shape index (κ3) is 2.70. The number of rotatable bonds is 3. The molecule has 0 unspecified atom stereocenters. The van der Waals surface area contributed by atoms with Crippen molar-refractivity contribution in [2.24, 2.45) is 0 Å². The molecule has 0 aliphatic heterocycles. The van der Waals surface area contributed by atoms with Gasteiger partial charge in [-0.25, -0.2) is 12.8 Å². The Balaban J connectivity index is 3.53. The molecule has 0 saturated heterocycles. The van der Waals surface area contributed by atoms with Gasteiger partial charge in [0.15, 0.2) is 9.84 Å². The van der Waals surface area contributed by atoms with Gasteiger partial charge in [0.2, 0.25) is 0 Å². The molecule has 1 rings (SSSR count). The maximum absolute atomic E-state index is 13.4. The molecule has 0 saturated carbocycles. The second kappa shape index (κ2) is 4.51. The molecule has 3 nitrogen and oxygen atoms in total. The van der Waals surface area contributed by atoms with Gasteiger partial charge in [-0.05, 0) is 24.0 Å². The highest BCUT2D eigenvalue weighted by molar-refractivity contribution is 7.99. The molecule has 0 radical (unpaired) electrons. The van der Waals surface area contributed by atoms with Crippen LogP contribution in [-0.4, -0.2) is 26.0 Å². The summed E-state index contributed by atoms with van der Waals surface area (Å²) in [6, 6.07) is 2.44. The van der Waals surface area contributed by atoms with Crippen molar-refractivity contribution < 1.29 is 17.9 Å². The first-order valence-corrected chi connectivity index (χ1v) is 7.19. The Morgan fingerprint density at radius 1 is 1.47 bits per heavy atom. The lowest BCUT2D eigenvalue weighted by Gasteiger charge is -2.08. The van der Waals surface area contributed by atoms with Crippen LogP contribution in [0.3, 0.4) is 0 Å². The van der Waals surface area contributed by atoms with Crippen molar-refractivity contribution >= 4 is 21.6 Å². The molecule has 0 aromatic heterocycles. The summed E-state index contributed by atoms with van der Waals surface area (Å²) in [6.45, 7) is -0.381. The summed E-state index contributed by atoms with van der Waals surface area (Å²) in [4.78, 5) is 0.0220. The molecule has 0 bridgehead atoms. The standard InChI is InChI=1S/C9H11FO3S2/c1-14-9-7(10)3-6(5-11)4-8(9)15(2,12)13/h3-4,11H,5H2,1-2H3. The van der Waals surface area contributed by atoms with Gasteiger partial charge in [0, 0.05) is 6.26 Å². The van der Waals surface area contributed by atoms with Gasteiger partial charge < -0.3 is 5.11 Å². The molecule has 15 heavy (non-hydrogen) atoms. The van der Waals surface area contributed by atoms with E-state index >= 15 is 0 Å². The first-order chi connectivity index (χ1) is 6.90. The topological polar surface area (TPSA) is 54.4 Å². The highest BCUT2D eigenvalue weighted by Crippen LogP contribution is 2.29. The van der Waals surface area contributed by atoms with Crippen LogP contribution in [0.4, 0.5) is 4.39 Å². The second-order valence-corrected chi connectivity index (χ2v) is 5.84. The normalized spacial score (nSPS) is 11.7. The number of thioether (sulfide) groups is 1. The molecule has 0 atom stereocenters. The maximum atomic E-state index is 13.4. The van der Waals surface area contributed by atoms with Crippen molar-refractivity contribution in [1.29, 1.82) is 0 Å². The Labute approximate surface area is 92.2 Å². The Kier molecular flexibility index (Phi) is 3.75. The summed E-state index contributed by atoms with van der Waals surface area (Å²) in [5.41, 5.74) is 0.255. The number of sulfone groups is 1. The molecule has 0 heterocycles. The number of halogens is 1. The quantitative estimate of drug-likeness (QED) is 0.825. The highest BCUT2D eigenvalue weighted by atomic mass is 32.2. The molecule has 1 aromatic carbocycles. The van der Waals surface area contributed by atoms with E-state index < -0.39 is 15.7 Å². The Bertz CT molecular complexity index is 468. The summed E-state index contributed by atoms with van der Waals surface area (Å²) in [5, 5.41) is 8.85. The maximum Gasteiger partial charge on any atom is 0.176 e. The molecule has 1 N–H and O–H groups in total. The molecule has 0 aliphatic rings. The van der Waals surface area contributed by atoms with Crippen molar-refractivity contribution in [1.82, 2.24) is 0 Å². The van der Waals surface area contributed by atoms with Gasteiger partial charge >= 0.3 is 0 Å². The van der Waals surface area contributed by atoms with E-state index in [-0.39, 0.29) is 22.0 Å². The first-order valence-electron chi connectivity index (χ1n) is 4.07. The second-order valence-electron chi connectivity index (χ2n) is 3.04. The van der Waals surface area contributed by atoms with Crippen molar-refractivity contribution in [3.63, 3.8) is 0 Å². The van der Waals surface area contributed by atoms with Crippen LogP contribution in [0.2, 0.25) is 0 Å². The van der Waals surface area contributed by atoms with E-state index in [1.165, 1.54) is 6.07 Å². The van der Waals surface area contributed by atoms with Gasteiger partial charge in [0.1, 0.15) is 5.82 Å². The number of aliphatic hydroxyl groups excluding tert-OH is 1. The molecule has 6 heteroatoms. The molecule has 0 amide bonds. The lowest BCUT2D eigenvalue weighted by atomic mass is 10.2. The van der Waals surface area contributed by atoms with E-state index in [0.29, 0.717) is 0 Å². The summed E-state index contributed by atoms with van der Waals surface area (Å²) < 4.78 is 36.2. The van der Waals surface area contributed by atoms with E-state index in [2.05, 4.69) is 0 Å². The Morgan fingerprint density at radius 2 is 2.07 bits per heavy atom. The fourth-order valence-corrected chi connectivity index (χ4v) is 3.20. The monoisotopic (exact) mass is 250 g/mol. The zero-order valence-corrected chi connectivity index (χ0v) is 9.95. The average molecular weight is 250 g/mol. The van der Waals surface area contributed by atoms with Gasteiger partial charge in [0.05, 0.1) is 16.4 Å². The van der Waals surface area contributed by atoms with Gasteiger partial charge in [0.25, 0.3) is 0 Å². The molecular formula is C9H11FO3S2. The predicted molar refractivity (Wildman–Crippen MR) is 57.2 cm³/mol. The molecule has 84 valence electrons. The van der Waals surface area contributed by atoms with Gasteiger partial charge in [-0.15, -0.1) is 11.8 Å². The summed E-state index contributed by atoms with van der Waals surface area (Å²) >= 11 is 1.03. The van der Waals surface area contributed by atoms with Crippen LogP contribution in [0.25, 0.3) is 0 Å². The molecule has 0 spiro atoms. The third-order valence-electron chi connectivity index (χ3n) is 1.86. The minimum absolute atomic E-state index is 0.0703. The smallest absolute Gasteiger partial charge is 0.176 e. The van der Waals surface area contributed by atoms with Crippen LogP contribution < -0.4 is 0 Å². The summed E-state index contributed by atoms with van der Waals surface area (Å²) in [7, 11) is -3.47. The van der Waals surface area contributed by atoms with Crippen molar-refractivity contribution in [3.05, 3.63) is 23.5 Å². The minimum atomic E-state index is -3.47. The van der Waals surface area contributed by atoms with E-state index in [1.54, 1.807) is 6.26 Å². The third-order valence-corrected chi connectivity index (χ3v) is 3.93. The fraction of sp³-hybridized carbons (Fsp3) is 0.333. The zero-order valence-electron chi connectivity index (χ0n) is 8.32. The molecule has 1 aromatic rings. The van der Waals surface area contributed by atoms with Gasteiger partial charge in [-0.1, -0.05) is 0 Å². The lowest BCUT2D eigenvalue weighted by Crippen LogP contribution is -2.03. The fourth-order valence-electron chi connectivity index (χ4n) is 1.19. The highest BCUT2D eigenvalue weighted by Gasteiger charge is 2.17. The molecule has 0 aliphatic carbocycles. The SMILES string of the molecule is CSc1c(F)cc(CO)cc1S(C)(=O)=O. The van der Waals surface area contributed by atoms with Crippen LogP contribution in [0.1, 0.15) is 5.56 Å². The minimum Gasteiger partial charge on any atom is -0.392 e. The van der Waals surface area contributed by atoms with E-state index in [1.807, 2.05) is 0 Å². The Hall–Kier alpha value is -0.590. The largest absolute Gasteiger partial charge is 0.392 e. The molecular weight excluding hydrogens is 239 g/mol. The number of benzene rings is 1. The van der Waals surface area contributed by atoms with Crippen molar-refractivity contribution in [2.75, 3.05) is 12.5 Å². The number of hydrogen-bond acceptors (Lipinski definition) is 4. The summed E-state index contributed by atoms with van der Waals surface area (Å²) in [6.07, 6.45) is 2.62. The van der Waals surface area contributed by atoms with E-state index in [4.69, 9.17) is 5.11 Å². The van der Waals surface area contributed by atoms with Crippen LogP contribution in [0.15, 0.2) is 21.9 Å².